The maximum atomic E-state index is 13.5. The minimum absolute atomic E-state index is 0.0690. The van der Waals surface area contributed by atoms with Gasteiger partial charge in [0.1, 0.15) is 24.7 Å². The summed E-state index contributed by atoms with van der Waals surface area (Å²) in [6, 6.07) is 4.78. The average Bonchev–Trinajstić information content (AvgIpc) is 3.37. The van der Waals surface area contributed by atoms with E-state index in [1.165, 1.54) is 0 Å². The van der Waals surface area contributed by atoms with Gasteiger partial charge in [-0.25, -0.2) is 4.98 Å². The monoisotopic (exact) mass is 505 g/mol. The molecule has 0 bridgehead atoms. The second kappa shape index (κ2) is 11.5. The van der Waals surface area contributed by atoms with Crippen LogP contribution in [0, 0.1) is 25.7 Å². The van der Waals surface area contributed by atoms with Crippen LogP contribution in [0.3, 0.4) is 0 Å². The van der Waals surface area contributed by atoms with Crippen molar-refractivity contribution in [2.24, 2.45) is 11.8 Å². The van der Waals surface area contributed by atoms with Crippen LogP contribution in [0.4, 0.5) is 5.82 Å². The maximum absolute atomic E-state index is 13.5. The van der Waals surface area contributed by atoms with Crippen LogP contribution in [0.1, 0.15) is 61.1 Å². The van der Waals surface area contributed by atoms with Gasteiger partial charge in [0.15, 0.2) is 0 Å². The highest BCUT2D eigenvalue weighted by atomic mass is 16.6. The van der Waals surface area contributed by atoms with Crippen LogP contribution in [-0.4, -0.2) is 39.7 Å². The van der Waals surface area contributed by atoms with Crippen molar-refractivity contribution in [3.8, 4) is 11.1 Å². The molecule has 0 unspecified atom stereocenters. The Morgan fingerprint density at radius 3 is 2.43 bits per heavy atom. The number of carbonyl (C=O) groups excluding carboxylic acids is 2. The number of amides is 2. The minimum atomic E-state index is -0.648. The third-order valence-electron chi connectivity index (χ3n) is 7.29. The van der Waals surface area contributed by atoms with Crippen LogP contribution in [0.2, 0.25) is 0 Å². The van der Waals surface area contributed by atoms with E-state index in [1.807, 2.05) is 39.2 Å². The summed E-state index contributed by atoms with van der Waals surface area (Å²) in [7, 11) is 1.62. The van der Waals surface area contributed by atoms with Gasteiger partial charge in [-0.2, -0.15) is 5.10 Å². The van der Waals surface area contributed by atoms with Crippen molar-refractivity contribution < 1.29 is 19.2 Å². The lowest BCUT2D eigenvalue weighted by Gasteiger charge is -2.32. The number of aryl methyl sites for hydroxylation is 3. The van der Waals surface area contributed by atoms with Gasteiger partial charge < -0.3 is 10.6 Å². The van der Waals surface area contributed by atoms with E-state index in [-0.39, 0.29) is 17.7 Å². The summed E-state index contributed by atoms with van der Waals surface area (Å²) in [5, 5.41) is 10.1. The Morgan fingerprint density at radius 2 is 1.84 bits per heavy atom. The van der Waals surface area contributed by atoms with Crippen LogP contribution in [-0.2, 0) is 11.3 Å². The van der Waals surface area contributed by atoms with Crippen LogP contribution in [0.15, 0.2) is 43.0 Å². The summed E-state index contributed by atoms with van der Waals surface area (Å²) < 4.78 is 3.30. The molecule has 1 fully saturated rings. The van der Waals surface area contributed by atoms with Gasteiger partial charge in [0.2, 0.25) is 18.3 Å². The van der Waals surface area contributed by atoms with E-state index in [1.54, 1.807) is 41.0 Å². The zero-order chi connectivity index (χ0) is 26.5. The number of anilines is 1. The minimum Gasteiger partial charge on any atom is -0.339 e. The molecule has 9 nitrogen and oxygen atoms in total. The molecule has 3 aromatic rings. The van der Waals surface area contributed by atoms with Gasteiger partial charge in [-0.05, 0) is 63.6 Å². The third-order valence-corrected chi connectivity index (χ3v) is 7.29. The van der Waals surface area contributed by atoms with E-state index in [4.69, 9.17) is 4.84 Å². The molecule has 3 heterocycles. The second-order valence-corrected chi connectivity index (χ2v) is 9.97. The van der Waals surface area contributed by atoms with E-state index in [9.17, 15) is 9.59 Å². The fourth-order valence-electron chi connectivity index (χ4n) is 5.25. The van der Waals surface area contributed by atoms with E-state index in [0.29, 0.717) is 24.0 Å². The molecule has 0 aliphatic heterocycles. The molecule has 1 saturated carbocycles. The number of nitrogens with zero attached hydrogens (tertiary/aromatic N) is 4. The summed E-state index contributed by atoms with van der Waals surface area (Å²) in [6.07, 6.45) is 11.1. The number of pyridine rings is 2. The van der Waals surface area contributed by atoms with Gasteiger partial charge in [0.25, 0.3) is 5.91 Å². The maximum Gasteiger partial charge on any atom is 0.270 e. The summed E-state index contributed by atoms with van der Waals surface area (Å²) in [6.45, 7) is 8.79. The van der Waals surface area contributed by atoms with Crippen LogP contribution < -0.4 is 20.2 Å². The van der Waals surface area contributed by atoms with Crippen molar-refractivity contribution in [1.29, 1.82) is 0 Å². The smallest absolute Gasteiger partial charge is 0.270 e. The SMILES string of the molecule is CCn1nccc1C(=O)N[C@H](C(=O)Nc1ccc(-c2c(C)c[n+](OC)cc2C)cn1)[C@H]1CC[C@H](C)CC1. The molecule has 0 spiro atoms. The fraction of sp³-hybridized carbons (Fsp3) is 0.464. The molecule has 1 aliphatic rings. The van der Waals surface area contributed by atoms with Gasteiger partial charge in [-0.15, -0.1) is 0 Å². The van der Waals surface area contributed by atoms with Crippen LogP contribution in [0.5, 0.6) is 0 Å². The lowest BCUT2D eigenvalue weighted by atomic mass is 9.79. The van der Waals surface area contributed by atoms with Crippen molar-refractivity contribution in [3.05, 3.63) is 59.8 Å². The zero-order valence-corrected chi connectivity index (χ0v) is 22.3. The standard InChI is InChI=1S/C28H36N6O3/c1-6-34-23(13-14-30-34)27(35)32-26(21-9-7-18(2)8-10-21)28(36)31-24-12-11-22(15-29-24)25-19(3)16-33(37-5)17-20(25)4/h11-18,21,26H,6-10H2,1-5H3,(H,32,35)/p+1/t18-,21-,26-/m0/s1. The highest BCUT2D eigenvalue weighted by molar-refractivity contribution is 6.00. The number of carbonyl (C=O) groups is 2. The Hall–Kier alpha value is -3.75. The molecule has 4 rings (SSSR count). The topological polar surface area (TPSA) is 102 Å². The van der Waals surface area contributed by atoms with Crippen molar-refractivity contribution in [1.82, 2.24) is 20.1 Å². The Labute approximate surface area is 218 Å². The number of hydrogen-bond acceptors (Lipinski definition) is 5. The predicted octanol–water partition coefficient (Wildman–Crippen LogP) is 3.49. The average molecular weight is 506 g/mol. The lowest BCUT2D eigenvalue weighted by Crippen LogP contribution is -2.49. The fourth-order valence-corrected chi connectivity index (χ4v) is 5.25. The Morgan fingerprint density at radius 1 is 1.14 bits per heavy atom. The normalized spacial score (nSPS) is 18.2. The second-order valence-electron chi connectivity index (χ2n) is 9.97. The first-order chi connectivity index (χ1) is 17.8. The quantitative estimate of drug-likeness (QED) is 0.457. The van der Waals surface area contributed by atoms with Gasteiger partial charge in [0.05, 0.1) is 0 Å². The summed E-state index contributed by atoms with van der Waals surface area (Å²) in [5.74, 6) is 0.622. The first-order valence-corrected chi connectivity index (χ1v) is 13.0. The third kappa shape index (κ3) is 5.98. The molecule has 0 radical (unpaired) electrons. The number of rotatable bonds is 8. The van der Waals surface area contributed by atoms with Crippen molar-refractivity contribution in [2.45, 2.75) is 66.0 Å². The Kier molecular flexibility index (Phi) is 8.21. The first-order valence-electron chi connectivity index (χ1n) is 13.0. The molecule has 3 aromatic heterocycles. The lowest BCUT2D eigenvalue weighted by molar-refractivity contribution is -0.885. The van der Waals surface area contributed by atoms with E-state index < -0.39 is 6.04 Å². The zero-order valence-electron chi connectivity index (χ0n) is 22.3. The molecule has 0 aromatic carbocycles. The highest BCUT2D eigenvalue weighted by Gasteiger charge is 2.33. The molecule has 2 amide bonds. The number of nitrogens with one attached hydrogen (secondary N) is 2. The Bertz CT molecular complexity index is 1220. The predicted molar refractivity (Wildman–Crippen MR) is 141 cm³/mol. The number of aromatic nitrogens is 4. The van der Waals surface area contributed by atoms with Gasteiger partial charge in [0, 0.05) is 45.9 Å². The van der Waals surface area contributed by atoms with Crippen LogP contribution in [0.25, 0.3) is 11.1 Å². The highest BCUT2D eigenvalue weighted by Crippen LogP contribution is 2.31. The van der Waals surface area contributed by atoms with Crippen molar-refractivity contribution >= 4 is 17.6 Å². The number of hydrogen-bond donors (Lipinski definition) is 2. The molecule has 0 saturated heterocycles. The van der Waals surface area contributed by atoms with Gasteiger partial charge >= 0.3 is 0 Å². The van der Waals surface area contributed by atoms with Crippen molar-refractivity contribution in [2.75, 3.05) is 12.4 Å². The van der Waals surface area contributed by atoms with Crippen molar-refractivity contribution in [3.63, 3.8) is 0 Å². The first kappa shape index (κ1) is 26.3. The molecule has 2 N–H and O–H groups in total. The molecule has 1 atom stereocenters. The molecular formula is C28H37N6O3+. The Balaban J connectivity index is 1.52. The summed E-state index contributed by atoms with van der Waals surface area (Å²) >= 11 is 0. The van der Waals surface area contributed by atoms with Gasteiger partial charge in [-0.3, -0.25) is 19.1 Å². The van der Waals surface area contributed by atoms with Crippen LogP contribution >= 0.6 is 0 Å². The van der Waals surface area contributed by atoms with Gasteiger partial charge in [-0.1, -0.05) is 19.8 Å². The molecule has 1 aliphatic carbocycles. The molecular weight excluding hydrogens is 468 g/mol. The van der Waals surface area contributed by atoms with E-state index >= 15 is 0 Å². The molecule has 37 heavy (non-hydrogen) atoms. The van der Waals surface area contributed by atoms with E-state index in [0.717, 1.165) is 47.9 Å². The largest absolute Gasteiger partial charge is 0.339 e. The summed E-state index contributed by atoms with van der Waals surface area (Å²) in [4.78, 5) is 36.4. The van der Waals surface area contributed by atoms with E-state index in [2.05, 4.69) is 27.6 Å². The summed E-state index contributed by atoms with van der Waals surface area (Å²) in [5.41, 5.74) is 4.60. The molecule has 9 heteroatoms. The molecule has 196 valence electrons.